The number of carboxylic acids is 1. The Morgan fingerprint density at radius 1 is 1.16 bits per heavy atom. The number of rotatable bonds is 10. The van der Waals surface area contributed by atoms with E-state index in [1.54, 1.807) is 25.1 Å². The molecule has 0 unspecified atom stereocenters. The van der Waals surface area contributed by atoms with Crippen LogP contribution in [-0.4, -0.2) is 28.5 Å². The predicted octanol–water partition coefficient (Wildman–Crippen LogP) is 5.47. The average molecular weight is 522 g/mol. The minimum absolute atomic E-state index is 0.0872. The average Bonchev–Trinajstić information content (AvgIpc) is 2.87. The van der Waals surface area contributed by atoms with Crippen molar-refractivity contribution in [3.05, 3.63) is 98.1 Å². The molecule has 1 amide bonds. The largest absolute Gasteiger partial charge is 0.490 e. The molecule has 0 heterocycles. The van der Waals surface area contributed by atoms with E-state index >= 15 is 0 Å². The summed E-state index contributed by atoms with van der Waals surface area (Å²) in [6.07, 6.45) is 1.30. The molecule has 3 rings (SSSR count). The number of hydrogen-bond acceptors (Lipinski definition) is 7. The first-order valence-corrected chi connectivity index (χ1v) is 11.2. The zero-order valence-electron chi connectivity index (χ0n) is 19.4. The molecule has 0 saturated heterocycles. The zero-order valence-corrected chi connectivity index (χ0v) is 20.2. The number of nitro groups is 1. The molecule has 0 aliphatic heterocycles. The second-order valence-corrected chi connectivity index (χ2v) is 7.89. The molecule has 0 radical (unpaired) electrons. The van der Waals surface area contributed by atoms with Crippen molar-refractivity contribution in [1.29, 1.82) is 5.26 Å². The number of carbonyl (C=O) groups excluding carboxylic acids is 1. The maximum absolute atomic E-state index is 12.6. The van der Waals surface area contributed by atoms with E-state index in [1.165, 1.54) is 48.5 Å². The number of amides is 1. The first-order chi connectivity index (χ1) is 17.7. The molecule has 11 heteroatoms. The van der Waals surface area contributed by atoms with Gasteiger partial charge in [0.15, 0.2) is 11.5 Å². The molecular formula is C26H20ClN3O7. The summed E-state index contributed by atoms with van der Waals surface area (Å²) >= 11 is 6.43. The molecule has 0 saturated carbocycles. The number of non-ortho nitro benzene ring substituents is 1. The van der Waals surface area contributed by atoms with Crippen LogP contribution < -0.4 is 14.8 Å². The molecule has 0 spiro atoms. The maximum atomic E-state index is 12.6. The fourth-order valence-corrected chi connectivity index (χ4v) is 3.46. The quantitative estimate of drug-likeness (QED) is 0.154. The highest BCUT2D eigenvalue weighted by molar-refractivity contribution is 6.32. The molecule has 188 valence electrons. The Kier molecular flexibility index (Phi) is 8.81. The van der Waals surface area contributed by atoms with Crippen molar-refractivity contribution in [3.8, 4) is 17.6 Å². The monoisotopic (exact) mass is 521 g/mol. The molecule has 0 bridgehead atoms. The highest BCUT2D eigenvalue weighted by Crippen LogP contribution is 2.38. The Bertz CT molecular complexity index is 1410. The summed E-state index contributed by atoms with van der Waals surface area (Å²) in [5, 5.41) is 32.1. The minimum Gasteiger partial charge on any atom is -0.490 e. The molecule has 0 fully saturated rings. The van der Waals surface area contributed by atoms with Crippen LogP contribution in [0.2, 0.25) is 5.02 Å². The van der Waals surface area contributed by atoms with Crippen LogP contribution in [0.1, 0.15) is 28.4 Å². The summed E-state index contributed by atoms with van der Waals surface area (Å²) in [5.41, 5.74) is 0.928. The van der Waals surface area contributed by atoms with Gasteiger partial charge in [-0.15, -0.1) is 0 Å². The molecule has 0 atom stereocenters. The van der Waals surface area contributed by atoms with Gasteiger partial charge in [0, 0.05) is 17.8 Å². The molecule has 0 aliphatic carbocycles. The third kappa shape index (κ3) is 7.06. The lowest BCUT2D eigenvalue weighted by Gasteiger charge is -2.15. The summed E-state index contributed by atoms with van der Waals surface area (Å²) in [6, 6.07) is 16.3. The fourth-order valence-electron chi connectivity index (χ4n) is 3.18. The van der Waals surface area contributed by atoms with Crippen LogP contribution in [0, 0.1) is 21.4 Å². The number of benzene rings is 3. The van der Waals surface area contributed by atoms with Gasteiger partial charge in [-0.25, -0.2) is 4.79 Å². The maximum Gasteiger partial charge on any atom is 0.335 e. The van der Waals surface area contributed by atoms with E-state index in [-0.39, 0.29) is 52.2 Å². The first-order valence-electron chi connectivity index (χ1n) is 10.8. The van der Waals surface area contributed by atoms with Gasteiger partial charge >= 0.3 is 5.97 Å². The van der Waals surface area contributed by atoms with Gasteiger partial charge in [0.2, 0.25) is 0 Å². The number of aromatic carboxylic acids is 1. The summed E-state index contributed by atoms with van der Waals surface area (Å²) in [7, 11) is 0. The van der Waals surface area contributed by atoms with Crippen LogP contribution in [0.5, 0.6) is 11.5 Å². The Morgan fingerprint density at radius 2 is 1.89 bits per heavy atom. The Morgan fingerprint density at radius 3 is 2.51 bits per heavy atom. The number of halogens is 1. The van der Waals surface area contributed by atoms with Gasteiger partial charge in [0.1, 0.15) is 18.2 Å². The molecule has 3 aromatic carbocycles. The second-order valence-electron chi connectivity index (χ2n) is 7.49. The van der Waals surface area contributed by atoms with Crippen LogP contribution in [0.15, 0.2) is 66.2 Å². The second kappa shape index (κ2) is 12.2. The topological polar surface area (TPSA) is 152 Å². The Balaban J connectivity index is 1.82. The van der Waals surface area contributed by atoms with E-state index in [2.05, 4.69) is 5.32 Å². The van der Waals surface area contributed by atoms with Crippen LogP contribution in [0.25, 0.3) is 6.08 Å². The minimum atomic E-state index is -1.03. The predicted molar refractivity (Wildman–Crippen MR) is 136 cm³/mol. The van der Waals surface area contributed by atoms with Crippen molar-refractivity contribution in [2.75, 3.05) is 11.9 Å². The standard InChI is InChI=1S/C26H20ClN3O7/c1-2-36-23-12-17(10-19(14-28)25(31)29-20-4-3-5-21(13-20)30(34)35)11-22(27)24(23)37-15-16-6-8-18(9-7-16)26(32)33/h3-13H,2,15H2,1H3,(H,29,31)(H,32,33)/b19-10+. The van der Waals surface area contributed by atoms with Crippen molar-refractivity contribution in [2.24, 2.45) is 0 Å². The van der Waals surface area contributed by atoms with Crippen molar-refractivity contribution in [2.45, 2.75) is 13.5 Å². The molecule has 3 aromatic rings. The van der Waals surface area contributed by atoms with Gasteiger partial charge < -0.3 is 19.9 Å². The highest BCUT2D eigenvalue weighted by atomic mass is 35.5. The molecule has 10 nitrogen and oxygen atoms in total. The van der Waals surface area contributed by atoms with E-state index in [9.17, 15) is 25.0 Å². The number of ether oxygens (including phenoxy) is 2. The van der Waals surface area contributed by atoms with Gasteiger partial charge in [-0.1, -0.05) is 29.8 Å². The van der Waals surface area contributed by atoms with E-state index in [4.69, 9.17) is 26.2 Å². The lowest BCUT2D eigenvalue weighted by Crippen LogP contribution is -2.13. The van der Waals surface area contributed by atoms with E-state index in [1.807, 2.05) is 6.07 Å². The molecular weight excluding hydrogens is 502 g/mol. The molecule has 0 aliphatic rings. The third-order valence-corrected chi connectivity index (χ3v) is 5.19. The number of carboxylic acid groups (broad SMARTS) is 1. The highest BCUT2D eigenvalue weighted by Gasteiger charge is 2.16. The SMILES string of the molecule is CCOc1cc(/C=C(\C#N)C(=O)Nc2cccc([N+](=O)[O-])c2)cc(Cl)c1OCc1ccc(C(=O)O)cc1. The number of carbonyl (C=O) groups is 2. The Labute approximate surface area is 216 Å². The van der Waals surface area contributed by atoms with Crippen molar-refractivity contribution in [3.63, 3.8) is 0 Å². The van der Waals surface area contributed by atoms with Gasteiger partial charge in [-0.3, -0.25) is 14.9 Å². The van der Waals surface area contributed by atoms with Crippen LogP contribution in [0.3, 0.4) is 0 Å². The number of anilines is 1. The van der Waals surface area contributed by atoms with Gasteiger partial charge in [0.05, 0.1) is 22.1 Å². The van der Waals surface area contributed by atoms with E-state index < -0.39 is 16.8 Å². The summed E-state index contributed by atoms with van der Waals surface area (Å²) in [5.74, 6) is -1.28. The van der Waals surface area contributed by atoms with Crippen LogP contribution >= 0.6 is 11.6 Å². The summed E-state index contributed by atoms with van der Waals surface area (Å²) in [6.45, 7) is 2.13. The van der Waals surface area contributed by atoms with E-state index in [0.29, 0.717) is 11.1 Å². The fraction of sp³-hybridized carbons (Fsp3) is 0.115. The van der Waals surface area contributed by atoms with Crippen molar-refractivity contribution < 1.29 is 29.1 Å². The number of nitrogens with zero attached hydrogens (tertiary/aromatic N) is 2. The normalized spacial score (nSPS) is 10.8. The first kappa shape index (κ1) is 26.7. The van der Waals surface area contributed by atoms with Crippen LogP contribution in [-0.2, 0) is 11.4 Å². The van der Waals surface area contributed by atoms with Gasteiger partial charge in [-0.2, -0.15) is 5.26 Å². The summed E-state index contributed by atoms with van der Waals surface area (Å²) in [4.78, 5) is 34.0. The summed E-state index contributed by atoms with van der Waals surface area (Å²) < 4.78 is 11.5. The van der Waals surface area contributed by atoms with Crippen molar-refractivity contribution in [1.82, 2.24) is 0 Å². The molecule has 0 aromatic heterocycles. The Hall–Kier alpha value is -4.88. The lowest BCUT2D eigenvalue weighted by molar-refractivity contribution is -0.384. The zero-order chi connectivity index (χ0) is 26.9. The number of nitriles is 1. The van der Waals surface area contributed by atoms with Crippen LogP contribution in [0.4, 0.5) is 11.4 Å². The lowest BCUT2D eigenvalue weighted by atomic mass is 10.1. The number of nitro benzene ring substituents is 1. The van der Waals surface area contributed by atoms with Crippen molar-refractivity contribution >= 4 is 40.9 Å². The third-order valence-electron chi connectivity index (χ3n) is 4.91. The smallest absolute Gasteiger partial charge is 0.335 e. The number of nitrogens with one attached hydrogen (secondary N) is 1. The van der Waals surface area contributed by atoms with Gasteiger partial charge in [0.25, 0.3) is 11.6 Å². The molecule has 2 N–H and O–H groups in total. The van der Waals surface area contributed by atoms with Gasteiger partial charge in [-0.05, 0) is 54.5 Å². The number of hydrogen-bond donors (Lipinski definition) is 2. The molecule has 37 heavy (non-hydrogen) atoms. The van der Waals surface area contributed by atoms with E-state index in [0.717, 1.165) is 0 Å².